The number of aliphatic hydroxyl groups is 2. The number of allylic oxidation sites excluding steroid dienone is 1. The molecule has 0 aromatic carbocycles. The molecule has 1 unspecified atom stereocenters. The Morgan fingerprint density at radius 2 is 2.00 bits per heavy atom. The maximum atomic E-state index is 9.83. The lowest BCUT2D eigenvalue weighted by Gasteiger charge is -2.22. The number of hydrogen-bond acceptors (Lipinski definition) is 2. The predicted octanol–water partition coefficient (Wildman–Crippen LogP) is 2.65. The molecule has 0 heterocycles. The maximum Gasteiger partial charge on any atom is 0.0783 e. The molecular formula is C13H24O2. The molecular weight excluding hydrogens is 188 g/mol. The lowest BCUT2D eigenvalue weighted by Crippen LogP contribution is -2.13. The largest absolute Gasteiger partial charge is 0.392 e. The molecule has 0 aromatic rings. The summed E-state index contributed by atoms with van der Waals surface area (Å²) < 4.78 is 0. The van der Waals surface area contributed by atoms with Gasteiger partial charge in [0.1, 0.15) is 0 Å². The van der Waals surface area contributed by atoms with Crippen molar-refractivity contribution in [2.45, 2.75) is 59.0 Å². The fourth-order valence-electron chi connectivity index (χ4n) is 2.62. The fourth-order valence-corrected chi connectivity index (χ4v) is 2.62. The highest BCUT2D eigenvalue weighted by molar-refractivity contribution is 5.31. The molecule has 2 heteroatoms. The van der Waals surface area contributed by atoms with Crippen molar-refractivity contribution < 1.29 is 10.2 Å². The minimum absolute atomic E-state index is 0.0199. The van der Waals surface area contributed by atoms with Crippen LogP contribution in [-0.4, -0.2) is 22.9 Å². The third-order valence-electron chi connectivity index (χ3n) is 3.51. The zero-order valence-corrected chi connectivity index (χ0v) is 10.2. The van der Waals surface area contributed by atoms with E-state index in [1.807, 2.05) is 0 Å². The first-order valence-electron chi connectivity index (χ1n) is 6.04. The first-order chi connectivity index (χ1) is 7.03. The molecule has 0 radical (unpaired) electrons. The Balaban J connectivity index is 2.73. The Morgan fingerprint density at radius 1 is 1.33 bits per heavy atom. The van der Waals surface area contributed by atoms with E-state index in [0.29, 0.717) is 0 Å². The Labute approximate surface area is 93.0 Å². The Morgan fingerprint density at radius 3 is 2.53 bits per heavy atom. The van der Waals surface area contributed by atoms with E-state index in [-0.39, 0.29) is 12.0 Å². The van der Waals surface area contributed by atoms with Gasteiger partial charge in [-0.2, -0.15) is 0 Å². The second-order valence-corrected chi connectivity index (χ2v) is 5.22. The summed E-state index contributed by atoms with van der Waals surface area (Å²) in [6.45, 7) is 6.54. The topological polar surface area (TPSA) is 40.5 Å². The number of unbranched alkanes of at least 4 members (excludes halogenated alkanes) is 2. The molecule has 88 valence electrons. The smallest absolute Gasteiger partial charge is 0.0783 e. The zero-order chi connectivity index (χ0) is 11.5. The highest BCUT2D eigenvalue weighted by Gasteiger charge is 2.37. The molecule has 1 aliphatic rings. The van der Waals surface area contributed by atoms with Gasteiger partial charge in [-0.25, -0.2) is 0 Å². The summed E-state index contributed by atoms with van der Waals surface area (Å²) in [5, 5.41) is 19.1. The van der Waals surface area contributed by atoms with Crippen LogP contribution in [0.5, 0.6) is 0 Å². The summed E-state index contributed by atoms with van der Waals surface area (Å²) in [7, 11) is 0. The standard InChI is InChI=1S/C13H24O2/c1-4-5-6-7-11-10(9-14)12(15)8-13(11,2)3/h12,14-15H,4-9H2,1-3H3. The van der Waals surface area contributed by atoms with E-state index in [1.165, 1.54) is 24.8 Å². The van der Waals surface area contributed by atoms with Crippen LogP contribution in [0, 0.1) is 5.41 Å². The summed E-state index contributed by atoms with van der Waals surface area (Å²) in [6.07, 6.45) is 5.00. The van der Waals surface area contributed by atoms with E-state index in [0.717, 1.165) is 18.4 Å². The Hall–Kier alpha value is -0.340. The fraction of sp³-hybridized carbons (Fsp3) is 0.846. The van der Waals surface area contributed by atoms with Crippen molar-refractivity contribution in [3.63, 3.8) is 0 Å². The molecule has 0 saturated carbocycles. The van der Waals surface area contributed by atoms with Crippen molar-refractivity contribution in [1.82, 2.24) is 0 Å². The molecule has 1 rings (SSSR count). The van der Waals surface area contributed by atoms with Crippen molar-refractivity contribution in [3.8, 4) is 0 Å². The van der Waals surface area contributed by atoms with Gasteiger partial charge in [0, 0.05) is 0 Å². The van der Waals surface area contributed by atoms with Crippen molar-refractivity contribution in [3.05, 3.63) is 11.1 Å². The highest BCUT2D eigenvalue weighted by Crippen LogP contribution is 2.44. The molecule has 1 aliphatic carbocycles. The SMILES string of the molecule is CCCCCC1=C(CO)C(O)CC1(C)C. The van der Waals surface area contributed by atoms with Gasteiger partial charge >= 0.3 is 0 Å². The van der Waals surface area contributed by atoms with Crippen LogP contribution in [0.4, 0.5) is 0 Å². The molecule has 0 fully saturated rings. The number of aliphatic hydroxyl groups excluding tert-OH is 2. The van der Waals surface area contributed by atoms with E-state index in [1.54, 1.807) is 0 Å². The van der Waals surface area contributed by atoms with Crippen LogP contribution in [0.2, 0.25) is 0 Å². The summed E-state index contributed by atoms with van der Waals surface area (Å²) >= 11 is 0. The third kappa shape index (κ3) is 2.82. The summed E-state index contributed by atoms with van der Waals surface area (Å²) in [4.78, 5) is 0. The van der Waals surface area contributed by atoms with E-state index in [9.17, 15) is 10.2 Å². The number of rotatable bonds is 5. The summed E-state index contributed by atoms with van der Waals surface area (Å²) in [6, 6.07) is 0. The van der Waals surface area contributed by atoms with Gasteiger partial charge < -0.3 is 10.2 Å². The average molecular weight is 212 g/mol. The maximum absolute atomic E-state index is 9.83. The molecule has 1 atom stereocenters. The van der Waals surface area contributed by atoms with E-state index in [2.05, 4.69) is 20.8 Å². The van der Waals surface area contributed by atoms with Gasteiger partial charge in [-0.1, -0.05) is 39.2 Å². The van der Waals surface area contributed by atoms with Crippen LogP contribution in [-0.2, 0) is 0 Å². The minimum atomic E-state index is -0.415. The van der Waals surface area contributed by atoms with Gasteiger partial charge in [-0.15, -0.1) is 0 Å². The van der Waals surface area contributed by atoms with Gasteiger partial charge in [0.15, 0.2) is 0 Å². The molecule has 0 saturated heterocycles. The quantitative estimate of drug-likeness (QED) is 0.543. The van der Waals surface area contributed by atoms with Crippen molar-refractivity contribution in [2.24, 2.45) is 5.41 Å². The lowest BCUT2D eigenvalue weighted by atomic mass is 9.82. The van der Waals surface area contributed by atoms with E-state index >= 15 is 0 Å². The molecule has 0 amide bonds. The van der Waals surface area contributed by atoms with Crippen LogP contribution < -0.4 is 0 Å². The summed E-state index contributed by atoms with van der Waals surface area (Å²) in [5.74, 6) is 0. The highest BCUT2D eigenvalue weighted by atomic mass is 16.3. The average Bonchev–Trinajstić information content (AvgIpc) is 2.36. The molecule has 2 N–H and O–H groups in total. The molecule has 0 aliphatic heterocycles. The summed E-state index contributed by atoms with van der Waals surface area (Å²) in [5.41, 5.74) is 2.26. The van der Waals surface area contributed by atoms with Crippen LogP contribution in [0.25, 0.3) is 0 Å². The first-order valence-corrected chi connectivity index (χ1v) is 6.04. The predicted molar refractivity (Wildman–Crippen MR) is 62.7 cm³/mol. The molecule has 2 nitrogen and oxygen atoms in total. The third-order valence-corrected chi connectivity index (χ3v) is 3.51. The van der Waals surface area contributed by atoms with E-state index < -0.39 is 6.10 Å². The van der Waals surface area contributed by atoms with Crippen LogP contribution in [0.15, 0.2) is 11.1 Å². The zero-order valence-electron chi connectivity index (χ0n) is 10.2. The van der Waals surface area contributed by atoms with Gasteiger partial charge in [-0.3, -0.25) is 0 Å². The minimum Gasteiger partial charge on any atom is -0.392 e. The van der Waals surface area contributed by atoms with Crippen LogP contribution in [0.1, 0.15) is 52.9 Å². The number of hydrogen-bond donors (Lipinski definition) is 2. The molecule has 15 heavy (non-hydrogen) atoms. The van der Waals surface area contributed by atoms with Gasteiger partial charge in [0.2, 0.25) is 0 Å². The van der Waals surface area contributed by atoms with Crippen molar-refractivity contribution in [1.29, 1.82) is 0 Å². The van der Waals surface area contributed by atoms with Crippen LogP contribution >= 0.6 is 0 Å². The molecule has 0 aromatic heterocycles. The van der Waals surface area contributed by atoms with Gasteiger partial charge in [0.05, 0.1) is 12.7 Å². The first kappa shape index (κ1) is 12.7. The molecule has 0 bridgehead atoms. The second kappa shape index (κ2) is 5.13. The van der Waals surface area contributed by atoms with E-state index in [4.69, 9.17) is 0 Å². The lowest BCUT2D eigenvalue weighted by molar-refractivity contribution is 0.168. The normalized spacial score (nSPS) is 25.0. The second-order valence-electron chi connectivity index (χ2n) is 5.22. The van der Waals surface area contributed by atoms with Gasteiger partial charge in [-0.05, 0) is 30.3 Å². The van der Waals surface area contributed by atoms with Crippen molar-refractivity contribution in [2.75, 3.05) is 6.61 Å². The Kier molecular flexibility index (Phi) is 4.35. The molecule has 0 spiro atoms. The van der Waals surface area contributed by atoms with Crippen LogP contribution in [0.3, 0.4) is 0 Å². The van der Waals surface area contributed by atoms with Gasteiger partial charge in [0.25, 0.3) is 0 Å². The van der Waals surface area contributed by atoms with Crippen molar-refractivity contribution >= 4 is 0 Å². The monoisotopic (exact) mass is 212 g/mol. The Bertz CT molecular complexity index is 241.